The van der Waals surface area contributed by atoms with E-state index in [4.69, 9.17) is 18.0 Å². The van der Waals surface area contributed by atoms with Crippen molar-refractivity contribution in [3.05, 3.63) is 59.2 Å². The van der Waals surface area contributed by atoms with Crippen LogP contribution in [0.3, 0.4) is 0 Å². The molecule has 20 heavy (non-hydrogen) atoms. The third kappa shape index (κ3) is 2.78. The first kappa shape index (κ1) is 14.0. The molecule has 4 N–H and O–H groups in total. The van der Waals surface area contributed by atoms with Crippen molar-refractivity contribution in [3.8, 4) is 5.75 Å². The minimum Gasteiger partial charge on any atom is -0.508 e. The van der Waals surface area contributed by atoms with Crippen molar-refractivity contribution in [1.29, 1.82) is 0 Å². The van der Waals surface area contributed by atoms with E-state index in [1.165, 1.54) is 6.07 Å². The van der Waals surface area contributed by atoms with Crippen LogP contribution in [0.15, 0.2) is 42.5 Å². The smallest absolute Gasteiger partial charge is 0.256 e. The second-order valence-corrected chi connectivity index (χ2v) is 4.75. The summed E-state index contributed by atoms with van der Waals surface area (Å²) in [7, 11) is 0. The summed E-state index contributed by atoms with van der Waals surface area (Å²) in [5, 5.41) is 12.4. The number of phenols is 1. The Balaban J connectivity index is 2.33. The number of rotatable bonds is 3. The van der Waals surface area contributed by atoms with Crippen LogP contribution in [0.2, 0.25) is 0 Å². The van der Waals surface area contributed by atoms with E-state index in [1.807, 2.05) is 0 Å². The molecule has 0 saturated carbocycles. The lowest BCUT2D eigenvalue weighted by molar-refractivity contribution is 0.102. The first-order chi connectivity index (χ1) is 9.50. The van der Waals surface area contributed by atoms with Gasteiger partial charge in [-0.25, -0.2) is 0 Å². The standard InChI is InChI=1S/C15H14N2O2S/c1-9-10(6-4-8-13(9)18)15(19)17-12-7-3-2-5-11(12)14(16)20/h2-8,18H,1H3,(H2,16,20)(H,17,19). The Bertz CT molecular complexity index is 683. The van der Waals surface area contributed by atoms with Gasteiger partial charge in [-0.15, -0.1) is 0 Å². The summed E-state index contributed by atoms with van der Waals surface area (Å²) in [6.45, 7) is 1.68. The van der Waals surface area contributed by atoms with Crippen LogP contribution in [0.1, 0.15) is 21.5 Å². The second-order valence-electron chi connectivity index (χ2n) is 4.31. The van der Waals surface area contributed by atoms with Crippen LogP contribution >= 0.6 is 12.2 Å². The number of para-hydroxylation sites is 1. The summed E-state index contributed by atoms with van der Waals surface area (Å²) in [6, 6.07) is 11.9. The van der Waals surface area contributed by atoms with Crippen molar-refractivity contribution >= 4 is 28.8 Å². The lowest BCUT2D eigenvalue weighted by Gasteiger charge is -2.11. The summed E-state index contributed by atoms with van der Waals surface area (Å²) in [5.74, 6) is -0.234. The molecule has 1 amide bonds. The maximum absolute atomic E-state index is 12.3. The van der Waals surface area contributed by atoms with Gasteiger partial charge in [0.15, 0.2) is 0 Å². The zero-order chi connectivity index (χ0) is 14.7. The first-order valence-electron chi connectivity index (χ1n) is 5.99. The van der Waals surface area contributed by atoms with E-state index >= 15 is 0 Å². The Morgan fingerprint density at radius 3 is 2.50 bits per heavy atom. The summed E-state index contributed by atoms with van der Waals surface area (Å²) in [4.78, 5) is 12.5. The molecule has 0 fully saturated rings. The van der Waals surface area contributed by atoms with Gasteiger partial charge in [-0.2, -0.15) is 0 Å². The fraction of sp³-hybridized carbons (Fsp3) is 0.0667. The molecule has 4 nitrogen and oxygen atoms in total. The topological polar surface area (TPSA) is 75.3 Å². The molecule has 0 atom stereocenters. The third-order valence-corrected chi connectivity index (χ3v) is 3.21. The van der Waals surface area contributed by atoms with Gasteiger partial charge in [-0.1, -0.05) is 30.4 Å². The monoisotopic (exact) mass is 286 g/mol. The van der Waals surface area contributed by atoms with Crippen molar-refractivity contribution < 1.29 is 9.90 Å². The van der Waals surface area contributed by atoms with Gasteiger partial charge < -0.3 is 16.2 Å². The van der Waals surface area contributed by atoms with Crippen LogP contribution in [0.25, 0.3) is 0 Å². The molecule has 0 saturated heterocycles. The average Bonchev–Trinajstić information content (AvgIpc) is 2.42. The highest BCUT2D eigenvalue weighted by Crippen LogP contribution is 2.22. The number of carbonyl (C=O) groups is 1. The van der Waals surface area contributed by atoms with Crippen LogP contribution < -0.4 is 11.1 Å². The van der Waals surface area contributed by atoms with Crippen molar-refractivity contribution in [3.63, 3.8) is 0 Å². The molecule has 2 aromatic rings. The summed E-state index contributed by atoms with van der Waals surface area (Å²) in [5.41, 5.74) is 7.71. The minimum absolute atomic E-state index is 0.0836. The normalized spacial score (nSPS) is 10.1. The Morgan fingerprint density at radius 2 is 1.80 bits per heavy atom. The summed E-state index contributed by atoms with van der Waals surface area (Å²) < 4.78 is 0. The molecule has 0 radical (unpaired) electrons. The van der Waals surface area contributed by atoms with E-state index in [0.29, 0.717) is 22.4 Å². The van der Waals surface area contributed by atoms with Gasteiger partial charge in [-0.05, 0) is 31.2 Å². The maximum Gasteiger partial charge on any atom is 0.256 e. The fourth-order valence-corrected chi connectivity index (χ4v) is 2.04. The number of hydrogen-bond donors (Lipinski definition) is 3. The largest absolute Gasteiger partial charge is 0.508 e. The number of nitrogens with one attached hydrogen (secondary N) is 1. The maximum atomic E-state index is 12.3. The molecule has 0 heterocycles. The molecule has 102 valence electrons. The molecule has 0 aromatic heterocycles. The number of carbonyl (C=O) groups excluding carboxylic acids is 1. The zero-order valence-electron chi connectivity index (χ0n) is 10.9. The van der Waals surface area contributed by atoms with E-state index in [9.17, 15) is 9.90 Å². The van der Waals surface area contributed by atoms with Crippen molar-refractivity contribution in [2.24, 2.45) is 5.73 Å². The number of hydrogen-bond acceptors (Lipinski definition) is 3. The summed E-state index contributed by atoms with van der Waals surface area (Å²) in [6.07, 6.45) is 0. The van der Waals surface area contributed by atoms with Crippen LogP contribution in [0, 0.1) is 6.92 Å². The quantitative estimate of drug-likeness (QED) is 0.758. The van der Waals surface area contributed by atoms with Gasteiger partial charge in [0.05, 0.1) is 5.69 Å². The lowest BCUT2D eigenvalue weighted by Crippen LogP contribution is -2.18. The van der Waals surface area contributed by atoms with E-state index in [0.717, 1.165) is 0 Å². The Kier molecular flexibility index (Phi) is 4.00. The molecule has 0 bridgehead atoms. The van der Waals surface area contributed by atoms with E-state index in [2.05, 4.69) is 5.32 Å². The zero-order valence-corrected chi connectivity index (χ0v) is 11.7. The van der Waals surface area contributed by atoms with Crippen molar-refractivity contribution in [2.45, 2.75) is 6.92 Å². The number of amides is 1. The minimum atomic E-state index is -0.318. The molecule has 0 unspecified atom stereocenters. The van der Waals surface area contributed by atoms with Crippen LogP contribution in [-0.2, 0) is 0 Å². The number of aromatic hydroxyl groups is 1. The van der Waals surface area contributed by atoms with E-state index < -0.39 is 0 Å². The molecule has 2 rings (SSSR count). The highest BCUT2D eigenvalue weighted by atomic mass is 32.1. The van der Waals surface area contributed by atoms with Gasteiger partial charge in [0.2, 0.25) is 0 Å². The van der Waals surface area contributed by atoms with Crippen molar-refractivity contribution in [2.75, 3.05) is 5.32 Å². The number of nitrogens with two attached hydrogens (primary N) is 1. The lowest BCUT2D eigenvalue weighted by atomic mass is 10.1. The van der Waals surface area contributed by atoms with Crippen LogP contribution in [-0.4, -0.2) is 16.0 Å². The molecule has 2 aromatic carbocycles. The van der Waals surface area contributed by atoms with E-state index in [1.54, 1.807) is 43.3 Å². The third-order valence-electron chi connectivity index (χ3n) is 2.99. The predicted molar refractivity (Wildman–Crippen MR) is 83.1 cm³/mol. The number of phenolic OH excluding ortho intramolecular Hbond substituents is 1. The molecular weight excluding hydrogens is 272 g/mol. The highest BCUT2D eigenvalue weighted by Gasteiger charge is 2.13. The first-order valence-corrected chi connectivity index (χ1v) is 6.40. The fourth-order valence-electron chi connectivity index (χ4n) is 1.87. The summed E-state index contributed by atoms with van der Waals surface area (Å²) >= 11 is 4.95. The van der Waals surface area contributed by atoms with Gasteiger partial charge in [0.1, 0.15) is 10.7 Å². The van der Waals surface area contributed by atoms with Gasteiger partial charge in [0.25, 0.3) is 5.91 Å². The second kappa shape index (κ2) is 5.71. The van der Waals surface area contributed by atoms with Crippen molar-refractivity contribution in [1.82, 2.24) is 0 Å². The predicted octanol–water partition coefficient (Wildman–Crippen LogP) is 2.59. The SMILES string of the molecule is Cc1c(O)cccc1C(=O)Nc1ccccc1C(N)=S. The molecule has 0 spiro atoms. The Morgan fingerprint density at radius 1 is 1.15 bits per heavy atom. The number of anilines is 1. The van der Waals surface area contributed by atoms with Crippen LogP contribution in [0.5, 0.6) is 5.75 Å². The molecule has 0 aliphatic carbocycles. The van der Waals surface area contributed by atoms with Crippen LogP contribution in [0.4, 0.5) is 5.69 Å². The van der Waals surface area contributed by atoms with E-state index in [-0.39, 0.29) is 16.6 Å². The Hall–Kier alpha value is -2.40. The Labute approximate surface area is 122 Å². The number of benzene rings is 2. The highest BCUT2D eigenvalue weighted by molar-refractivity contribution is 7.80. The van der Waals surface area contributed by atoms with Gasteiger partial charge in [-0.3, -0.25) is 4.79 Å². The molecular formula is C15H14N2O2S. The average molecular weight is 286 g/mol. The molecule has 5 heteroatoms. The van der Waals surface area contributed by atoms with Gasteiger partial charge in [0, 0.05) is 16.7 Å². The number of thiocarbonyl (C=S) groups is 1. The van der Waals surface area contributed by atoms with Gasteiger partial charge >= 0.3 is 0 Å². The molecule has 0 aliphatic rings. The molecule has 0 aliphatic heterocycles.